The van der Waals surface area contributed by atoms with Crippen LogP contribution in [0.5, 0.6) is 17.2 Å². The first-order valence-electron chi connectivity index (χ1n) is 37.8. The Balaban J connectivity index is 0.000000176. The van der Waals surface area contributed by atoms with Crippen molar-refractivity contribution in [1.29, 1.82) is 0 Å². The summed E-state index contributed by atoms with van der Waals surface area (Å²) in [5.74, 6) is -6.35. The molecular weight excluding hydrogens is 1420 g/mol. The fraction of sp³-hybridized carbons (Fsp3) is 0.566. The van der Waals surface area contributed by atoms with E-state index < -0.39 is 40.0 Å². The number of pyridine rings is 6. The van der Waals surface area contributed by atoms with Gasteiger partial charge in [-0.1, -0.05) is 62.3 Å². The Kier molecular flexibility index (Phi) is 23.8. The molecule has 0 spiro atoms. The number of likely N-dealkylation sites (tertiary alicyclic amines) is 3. The van der Waals surface area contributed by atoms with Gasteiger partial charge in [-0.25, -0.2) is 41.3 Å². The van der Waals surface area contributed by atoms with Crippen molar-refractivity contribution in [2.24, 2.45) is 16.2 Å². The van der Waals surface area contributed by atoms with Gasteiger partial charge in [-0.05, 0) is 127 Å². The molecule has 0 unspecified atom stereocenters. The molecule has 0 radical (unpaired) electrons. The summed E-state index contributed by atoms with van der Waals surface area (Å²) in [6, 6.07) is 10.3. The number of fused-ring (bicyclic) bond motifs is 3. The summed E-state index contributed by atoms with van der Waals surface area (Å²) in [6.07, 6.45) is 15.7. The van der Waals surface area contributed by atoms with Crippen LogP contribution in [0.1, 0.15) is 257 Å². The van der Waals surface area contributed by atoms with E-state index in [1.54, 1.807) is 55.4 Å². The number of amides is 3. The third-order valence-corrected chi connectivity index (χ3v) is 21.0. The topological polar surface area (TPSA) is 227 Å². The van der Waals surface area contributed by atoms with Crippen molar-refractivity contribution in [2.45, 2.75) is 235 Å². The predicted molar refractivity (Wildman–Crippen MR) is 409 cm³/mol. The van der Waals surface area contributed by atoms with Crippen LogP contribution >= 0.6 is 0 Å². The van der Waals surface area contributed by atoms with Crippen LogP contribution in [-0.4, -0.2) is 172 Å². The highest BCUT2D eigenvalue weighted by molar-refractivity contribution is 6.00. The highest BCUT2D eigenvalue weighted by Gasteiger charge is 2.51. The smallest absolute Gasteiger partial charge is 0.255 e. The largest absolute Gasteiger partial charge is 0.487 e. The average Bonchev–Trinajstić information content (AvgIpc) is 0.734. The molecule has 6 aromatic heterocycles. The molecule has 21 nitrogen and oxygen atoms in total. The summed E-state index contributed by atoms with van der Waals surface area (Å²) in [5.41, 5.74) is 2.30. The summed E-state index contributed by atoms with van der Waals surface area (Å²) in [6.45, 7) is 35.5. The van der Waals surface area contributed by atoms with Crippen molar-refractivity contribution < 1.29 is 69.3 Å². The average molecular weight is 1530 g/mol. The molecule has 110 heavy (non-hydrogen) atoms. The van der Waals surface area contributed by atoms with Gasteiger partial charge >= 0.3 is 0 Å². The van der Waals surface area contributed by atoms with Gasteiger partial charge in [-0.15, -0.1) is 0 Å². The molecule has 27 heteroatoms. The molecule has 0 atom stereocenters. The number of carbonyl (C=O) groups is 6. The summed E-state index contributed by atoms with van der Waals surface area (Å²) in [5, 5.41) is 0. The number of aromatic nitrogens is 6. The number of rotatable bonds is 15. The third-order valence-electron chi connectivity index (χ3n) is 21.0. The van der Waals surface area contributed by atoms with E-state index >= 15 is 0 Å². The van der Waals surface area contributed by atoms with E-state index in [0.717, 1.165) is 19.3 Å². The molecule has 0 aliphatic carbocycles. The van der Waals surface area contributed by atoms with Crippen molar-refractivity contribution >= 4 is 69.6 Å². The predicted octanol–water partition coefficient (Wildman–Crippen LogP) is 17.8. The van der Waals surface area contributed by atoms with Crippen LogP contribution in [0.25, 0.3) is 0 Å². The van der Waals surface area contributed by atoms with Gasteiger partial charge in [0.1, 0.15) is 17.8 Å². The second kappa shape index (κ2) is 31.5. The zero-order chi connectivity index (χ0) is 80.7. The van der Waals surface area contributed by atoms with E-state index in [4.69, 9.17) is 14.2 Å². The maximum atomic E-state index is 13.6. The van der Waals surface area contributed by atoms with E-state index in [0.29, 0.717) is 112 Å². The Bertz CT molecular complexity index is 4400. The lowest BCUT2D eigenvalue weighted by molar-refractivity contribution is -0.0503. The SMILES string of the molecule is CC(C)(C)CCC(=O)c1cncc(N2CC(C)(C)Oc3cc(C(=O)N4CCC(F)(F)CC4)cnc32)c1.CC(C)(C)CCC(=O)c1cncc(N2c3ncc(C(=O)N4CCC(F)(F)CC4)cc3OC(C)(C)C2(C)C)c1.CC(C)(C)CCC(=O)c1cncc(N2c3ncc(C(=O)N4CCC(F)(F)CC4)cc3OCC2(C)C)c1. The van der Waals surface area contributed by atoms with Crippen LogP contribution in [0.15, 0.2) is 92.2 Å². The van der Waals surface area contributed by atoms with Crippen molar-refractivity contribution in [2.75, 3.05) is 67.1 Å². The fourth-order valence-corrected chi connectivity index (χ4v) is 13.6. The number of Topliss-reactive ketones (excluding diaryl/α,β-unsaturated/α-hetero) is 3. The van der Waals surface area contributed by atoms with Crippen molar-refractivity contribution in [1.82, 2.24) is 44.6 Å². The monoisotopic (exact) mass is 1530 g/mol. The molecule has 0 bridgehead atoms. The van der Waals surface area contributed by atoms with Gasteiger partial charge in [0.15, 0.2) is 52.1 Å². The van der Waals surface area contributed by atoms with Gasteiger partial charge < -0.3 is 43.6 Å². The Labute approximate surface area is 641 Å². The third kappa shape index (κ3) is 20.2. The lowest BCUT2D eigenvalue weighted by Gasteiger charge is -2.53. The van der Waals surface area contributed by atoms with Gasteiger partial charge in [0, 0.05) is 151 Å². The highest BCUT2D eigenvalue weighted by Crippen LogP contribution is 2.50. The van der Waals surface area contributed by atoms with E-state index in [-0.39, 0.29) is 135 Å². The normalized spacial score (nSPS) is 19.2. The maximum Gasteiger partial charge on any atom is 0.255 e. The molecule has 3 saturated heterocycles. The first kappa shape index (κ1) is 83.2. The minimum Gasteiger partial charge on any atom is -0.487 e. The minimum atomic E-state index is -2.74. The number of piperidine rings is 3. The lowest BCUT2D eigenvalue weighted by atomic mass is 9.81. The fourth-order valence-electron chi connectivity index (χ4n) is 13.6. The standard InChI is InChI=1S/C29H38F2N4O3.2C27H34F2N4O3/c1-26(2,3)9-8-22(36)19-14-21(18-32-16-19)35-24-23(38-28(6,7)27(35,4)5)15-20(17-33-24)25(37)34-12-10-29(30,31)11-13-34;1-25(2,3)7-6-21(34)18-12-20(16-30-14-18)33-23-22(36-17-26(33,4)5)13-19(15-31-23)24(35)32-10-8-27(28,29)9-11-32;1-25(2,3)7-6-21(34)18-12-20(16-30-14-18)33-17-26(4,5)36-22-13-19(15-31-23(22)33)24(35)32-10-8-27(28,29)9-11-32/h14-18H,8-13H2,1-7H3;2*12-16H,6-11,17H2,1-5H3. The van der Waals surface area contributed by atoms with Crippen LogP contribution in [0, 0.1) is 16.2 Å². The molecule has 3 amide bonds. The molecule has 12 rings (SSSR count). The first-order chi connectivity index (χ1) is 51.0. The van der Waals surface area contributed by atoms with E-state index in [1.165, 1.54) is 33.3 Å². The number of alkyl halides is 6. The molecule has 6 aromatic rings. The zero-order valence-corrected chi connectivity index (χ0v) is 66.6. The molecule has 0 N–H and O–H groups in total. The Morgan fingerprint density at radius 3 is 1.11 bits per heavy atom. The molecule has 6 aliphatic heterocycles. The second-order valence-corrected chi connectivity index (χ2v) is 35.7. The van der Waals surface area contributed by atoms with Gasteiger partial charge in [0.25, 0.3) is 35.5 Å². The number of carbonyl (C=O) groups excluding carboxylic acids is 6. The number of halogens is 6. The van der Waals surface area contributed by atoms with Crippen LogP contribution in [0.4, 0.5) is 60.9 Å². The molecule has 0 aromatic carbocycles. The number of hydrogen-bond donors (Lipinski definition) is 0. The van der Waals surface area contributed by atoms with Crippen molar-refractivity contribution in [3.8, 4) is 17.2 Å². The zero-order valence-electron chi connectivity index (χ0n) is 66.6. The number of hydrogen-bond acceptors (Lipinski definition) is 18. The number of ether oxygens (including phenoxy) is 3. The van der Waals surface area contributed by atoms with Crippen molar-refractivity contribution in [3.05, 3.63) is 126 Å². The summed E-state index contributed by atoms with van der Waals surface area (Å²) in [4.78, 5) is 115. The second-order valence-electron chi connectivity index (χ2n) is 35.7. The van der Waals surface area contributed by atoms with Gasteiger partial charge in [0.2, 0.25) is 0 Å². The van der Waals surface area contributed by atoms with Crippen molar-refractivity contribution in [3.63, 3.8) is 0 Å². The Morgan fingerprint density at radius 2 is 0.727 bits per heavy atom. The minimum absolute atomic E-state index is 0.00307. The number of ketones is 3. The lowest BCUT2D eigenvalue weighted by Crippen LogP contribution is -2.62. The summed E-state index contributed by atoms with van der Waals surface area (Å²) >= 11 is 0. The molecule has 3 fully saturated rings. The summed E-state index contributed by atoms with van der Waals surface area (Å²) < 4.78 is 99.8. The van der Waals surface area contributed by atoms with Crippen LogP contribution in [0.2, 0.25) is 0 Å². The van der Waals surface area contributed by atoms with Gasteiger partial charge in [-0.3, -0.25) is 43.7 Å². The van der Waals surface area contributed by atoms with E-state index in [9.17, 15) is 55.1 Å². The quantitative estimate of drug-likeness (QED) is 0.0687. The summed E-state index contributed by atoms with van der Waals surface area (Å²) in [7, 11) is 0. The highest BCUT2D eigenvalue weighted by atomic mass is 19.3. The van der Waals surface area contributed by atoms with E-state index in [2.05, 4.69) is 92.2 Å². The molecular formula is C83H106F6N12O9. The van der Waals surface area contributed by atoms with E-state index in [1.807, 2.05) is 88.3 Å². The maximum absolute atomic E-state index is 13.6. The molecule has 6 aliphatic rings. The molecule has 594 valence electrons. The number of nitrogens with zero attached hydrogens (tertiary/aromatic N) is 12. The Hall–Kier alpha value is -9.30. The van der Waals surface area contributed by atoms with Crippen LogP contribution in [0.3, 0.4) is 0 Å². The van der Waals surface area contributed by atoms with Crippen LogP contribution in [-0.2, 0) is 0 Å². The van der Waals surface area contributed by atoms with Gasteiger partial charge in [0.05, 0.1) is 70.0 Å². The van der Waals surface area contributed by atoms with Crippen LogP contribution < -0.4 is 28.9 Å². The first-order valence-corrected chi connectivity index (χ1v) is 37.8. The molecule has 0 saturated carbocycles. The number of anilines is 6. The Morgan fingerprint density at radius 1 is 0.400 bits per heavy atom. The van der Waals surface area contributed by atoms with Gasteiger partial charge in [-0.2, -0.15) is 0 Å². The molecule has 12 heterocycles.